The van der Waals surface area contributed by atoms with Crippen LogP contribution in [-0.4, -0.2) is 16.0 Å². The van der Waals surface area contributed by atoms with Crippen molar-refractivity contribution in [2.45, 2.75) is 6.92 Å². The summed E-state index contributed by atoms with van der Waals surface area (Å²) in [6, 6.07) is 15.6. The SMILES string of the molecule is CC(=O)c1ccc(-c2ccc(/C=C3\SC(=S)N(c4ccc(Cl)cc4Cl)C3=O)o2)cc1. The zero-order chi connectivity index (χ0) is 21.4. The lowest BCUT2D eigenvalue weighted by Crippen LogP contribution is -2.27. The fourth-order valence-electron chi connectivity index (χ4n) is 2.92. The number of Topliss-reactive ketones (excluding diaryl/α,β-unsaturated/α-hetero) is 1. The van der Waals surface area contributed by atoms with Crippen LogP contribution in [0.3, 0.4) is 0 Å². The monoisotopic (exact) mass is 473 g/mol. The highest BCUT2D eigenvalue weighted by molar-refractivity contribution is 8.27. The zero-order valence-corrected chi connectivity index (χ0v) is 18.7. The number of hydrogen-bond donors (Lipinski definition) is 0. The van der Waals surface area contributed by atoms with Crippen LogP contribution in [0.1, 0.15) is 23.0 Å². The molecule has 1 amide bonds. The van der Waals surface area contributed by atoms with Gasteiger partial charge < -0.3 is 4.42 Å². The van der Waals surface area contributed by atoms with E-state index in [0.29, 0.717) is 42.0 Å². The minimum absolute atomic E-state index is 0.00417. The number of thiocarbonyl (C=S) groups is 1. The molecule has 0 bridgehead atoms. The van der Waals surface area contributed by atoms with E-state index in [0.717, 1.165) is 5.56 Å². The topological polar surface area (TPSA) is 50.5 Å². The second-order valence-electron chi connectivity index (χ2n) is 6.45. The van der Waals surface area contributed by atoms with Gasteiger partial charge in [-0.3, -0.25) is 14.5 Å². The molecule has 8 heteroatoms. The molecule has 3 aromatic rings. The van der Waals surface area contributed by atoms with Gasteiger partial charge in [0.1, 0.15) is 11.5 Å². The van der Waals surface area contributed by atoms with E-state index in [2.05, 4.69) is 0 Å². The highest BCUT2D eigenvalue weighted by Crippen LogP contribution is 2.40. The number of carbonyl (C=O) groups is 2. The van der Waals surface area contributed by atoms with Crippen LogP contribution in [-0.2, 0) is 4.79 Å². The molecule has 2 heterocycles. The number of ketones is 1. The van der Waals surface area contributed by atoms with E-state index < -0.39 is 0 Å². The molecule has 30 heavy (non-hydrogen) atoms. The van der Waals surface area contributed by atoms with Crippen LogP contribution in [0.5, 0.6) is 0 Å². The van der Waals surface area contributed by atoms with E-state index in [1.807, 2.05) is 18.2 Å². The highest BCUT2D eigenvalue weighted by Gasteiger charge is 2.34. The van der Waals surface area contributed by atoms with Crippen LogP contribution < -0.4 is 4.90 Å². The summed E-state index contributed by atoms with van der Waals surface area (Å²) < 4.78 is 6.24. The maximum absolute atomic E-state index is 12.9. The van der Waals surface area contributed by atoms with Crippen molar-refractivity contribution >= 4 is 75.0 Å². The summed E-state index contributed by atoms with van der Waals surface area (Å²) >= 11 is 18.7. The first-order chi connectivity index (χ1) is 14.3. The number of hydrogen-bond acceptors (Lipinski definition) is 5. The fourth-order valence-corrected chi connectivity index (χ4v) is 4.68. The quantitative estimate of drug-likeness (QED) is 0.235. The second-order valence-corrected chi connectivity index (χ2v) is 8.97. The van der Waals surface area contributed by atoms with Gasteiger partial charge in [-0.2, -0.15) is 0 Å². The van der Waals surface area contributed by atoms with E-state index >= 15 is 0 Å². The molecule has 1 fully saturated rings. The third-order valence-electron chi connectivity index (χ3n) is 4.42. The Morgan fingerprint density at radius 2 is 1.83 bits per heavy atom. The van der Waals surface area contributed by atoms with E-state index in [1.54, 1.807) is 42.5 Å². The minimum atomic E-state index is -0.280. The smallest absolute Gasteiger partial charge is 0.270 e. The molecule has 1 saturated heterocycles. The summed E-state index contributed by atoms with van der Waals surface area (Å²) in [6.07, 6.45) is 1.65. The lowest BCUT2D eigenvalue weighted by atomic mass is 10.1. The zero-order valence-electron chi connectivity index (χ0n) is 15.5. The van der Waals surface area contributed by atoms with Gasteiger partial charge in [0.15, 0.2) is 10.1 Å². The Labute approximate surface area is 192 Å². The van der Waals surface area contributed by atoms with Gasteiger partial charge in [0, 0.05) is 22.2 Å². The van der Waals surface area contributed by atoms with Gasteiger partial charge in [-0.25, -0.2) is 0 Å². The van der Waals surface area contributed by atoms with Crippen molar-refractivity contribution in [1.29, 1.82) is 0 Å². The standard InChI is InChI=1S/C22H13Cl2NO3S2/c1-12(26)13-2-4-14(5-3-13)19-9-7-16(28-19)11-20-21(27)25(22(29)30-20)18-8-6-15(23)10-17(18)24/h2-11H,1H3/b20-11-. The van der Waals surface area contributed by atoms with Crippen molar-refractivity contribution in [2.24, 2.45) is 0 Å². The molecule has 4 rings (SSSR count). The number of amides is 1. The molecule has 0 saturated carbocycles. The molecule has 0 atom stereocenters. The molecular weight excluding hydrogens is 461 g/mol. The molecule has 0 spiro atoms. The van der Waals surface area contributed by atoms with Gasteiger partial charge in [-0.15, -0.1) is 0 Å². The average molecular weight is 474 g/mol. The highest BCUT2D eigenvalue weighted by atomic mass is 35.5. The van der Waals surface area contributed by atoms with Crippen LogP contribution in [0.4, 0.5) is 5.69 Å². The maximum Gasteiger partial charge on any atom is 0.270 e. The predicted octanol–water partition coefficient (Wildman–Crippen LogP) is 6.86. The van der Waals surface area contributed by atoms with Gasteiger partial charge in [0.25, 0.3) is 5.91 Å². The number of furan rings is 1. The summed E-state index contributed by atoms with van der Waals surface area (Å²) in [5.74, 6) is 0.874. The third kappa shape index (κ3) is 4.09. The molecule has 0 aliphatic carbocycles. The Bertz CT molecular complexity index is 1220. The fraction of sp³-hybridized carbons (Fsp3) is 0.0455. The number of halogens is 2. The Morgan fingerprint density at radius 1 is 1.10 bits per heavy atom. The normalized spacial score (nSPS) is 15.3. The summed E-state index contributed by atoms with van der Waals surface area (Å²) in [4.78, 5) is 26.2. The second kappa shape index (κ2) is 8.40. The number of anilines is 1. The van der Waals surface area contributed by atoms with Crippen molar-refractivity contribution in [2.75, 3.05) is 4.90 Å². The summed E-state index contributed by atoms with van der Waals surface area (Å²) in [5, 5.41) is 0.818. The number of benzene rings is 2. The molecule has 0 unspecified atom stereocenters. The van der Waals surface area contributed by atoms with Gasteiger partial charge in [-0.05, 0) is 37.3 Å². The maximum atomic E-state index is 12.9. The molecule has 150 valence electrons. The van der Waals surface area contributed by atoms with Crippen molar-refractivity contribution in [3.8, 4) is 11.3 Å². The van der Waals surface area contributed by atoms with Crippen LogP contribution in [0.25, 0.3) is 17.4 Å². The van der Waals surface area contributed by atoms with Crippen molar-refractivity contribution in [3.63, 3.8) is 0 Å². The van der Waals surface area contributed by atoms with Gasteiger partial charge >= 0.3 is 0 Å². The Kier molecular flexibility index (Phi) is 5.84. The first-order valence-electron chi connectivity index (χ1n) is 8.78. The van der Waals surface area contributed by atoms with Crippen molar-refractivity contribution < 1.29 is 14.0 Å². The van der Waals surface area contributed by atoms with E-state index in [4.69, 9.17) is 39.8 Å². The Balaban J connectivity index is 1.59. The molecule has 1 aliphatic rings. The average Bonchev–Trinajstić information content (AvgIpc) is 3.28. The minimum Gasteiger partial charge on any atom is -0.457 e. The van der Waals surface area contributed by atoms with Crippen LogP contribution in [0.15, 0.2) is 63.9 Å². The van der Waals surface area contributed by atoms with Crippen LogP contribution in [0, 0.1) is 0 Å². The summed E-state index contributed by atoms with van der Waals surface area (Å²) in [5.41, 5.74) is 1.95. The first-order valence-corrected chi connectivity index (χ1v) is 10.8. The Morgan fingerprint density at radius 3 is 2.50 bits per heavy atom. The molecule has 2 aromatic carbocycles. The molecule has 1 aromatic heterocycles. The number of rotatable bonds is 4. The predicted molar refractivity (Wildman–Crippen MR) is 126 cm³/mol. The number of thioether (sulfide) groups is 1. The molecule has 0 radical (unpaired) electrons. The summed E-state index contributed by atoms with van der Waals surface area (Å²) in [7, 11) is 0. The van der Waals surface area contributed by atoms with Gasteiger partial charge in [-0.1, -0.05) is 71.4 Å². The Hall–Kier alpha value is -2.38. The van der Waals surface area contributed by atoms with Crippen molar-refractivity contribution in [1.82, 2.24) is 0 Å². The van der Waals surface area contributed by atoms with E-state index in [9.17, 15) is 9.59 Å². The lowest BCUT2D eigenvalue weighted by Gasteiger charge is -2.16. The van der Waals surface area contributed by atoms with E-state index in [-0.39, 0.29) is 11.7 Å². The van der Waals surface area contributed by atoms with Crippen LogP contribution >= 0.6 is 47.2 Å². The molecule has 4 nitrogen and oxygen atoms in total. The summed E-state index contributed by atoms with van der Waals surface area (Å²) in [6.45, 7) is 1.52. The van der Waals surface area contributed by atoms with Crippen molar-refractivity contribution in [3.05, 3.63) is 80.9 Å². The first kappa shape index (κ1) is 20.9. The number of carbonyl (C=O) groups excluding carboxylic acids is 2. The van der Waals surface area contributed by atoms with Gasteiger partial charge in [0.2, 0.25) is 0 Å². The lowest BCUT2D eigenvalue weighted by molar-refractivity contribution is -0.113. The van der Waals surface area contributed by atoms with Crippen LogP contribution in [0.2, 0.25) is 10.0 Å². The van der Waals surface area contributed by atoms with Gasteiger partial charge in [0.05, 0.1) is 15.6 Å². The largest absolute Gasteiger partial charge is 0.457 e. The molecular formula is C22H13Cl2NO3S2. The molecule has 1 aliphatic heterocycles. The number of nitrogens with zero attached hydrogens (tertiary/aromatic N) is 1. The third-order valence-corrected chi connectivity index (χ3v) is 6.26. The molecule has 0 N–H and O–H groups in total. The van der Waals surface area contributed by atoms with E-state index in [1.165, 1.54) is 23.6 Å².